The van der Waals surface area contributed by atoms with Crippen molar-refractivity contribution in [3.63, 3.8) is 0 Å². The predicted molar refractivity (Wildman–Crippen MR) is 114 cm³/mol. The van der Waals surface area contributed by atoms with Gasteiger partial charge in [-0.2, -0.15) is 0 Å². The van der Waals surface area contributed by atoms with Crippen molar-refractivity contribution >= 4 is 15.8 Å². The Bertz CT molecular complexity index is 607. The van der Waals surface area contributed by atoms with Crippen molar-refractivity contribution < 1.29 is 8.42 Å². The molecule has 0 amide bonds. The largest absolute Gasteiger partial charge is 0.357 e. The highest BCUT2D eigenvalue weighted by Gasteiger charge is 2.41. The molecular weight excluding hydrogens is 360 g/mol. The first-order valence-electron chi connectivity index (χ1n) is 10.6. The molecular formula is C20H40N4O2S. The topological polar surface area (TPSA) is 65.0 Å². The van der Waals surface area contributed by atoms with E-state index in [0.717, 1.165) is 38.1 Å². The first-order valence-corrected chi connectivity index (χ1v) is 12.2. The zero-order valence-corrected chi connectivity index (χ0v) is 19.0. The third kappa shape index (κ3) is 5.59. The average Bonchev–Trinajstić information content (AvgIpc) is 2.58. The quantitative estimate of drug-likeness (QED) is 0.566. The molecule has 0 saturated carbocycles. The van der Waals surface area contributed by atoms with Gasteiger partial charge >= 0.3 is 0 Å². The smallest absolute Gasteiger partial charge is 0.194 e. The summed E-state index contributed by atoms with van der Waals surface area (Å²) in [4.78, 5) is 9.69. The molecule has 0 aliphatic carbocycles. The Morgan fingerprint density at radius 1 is 1.22 bits per heavy atom. The summed E-state index contributed by atoms with van der Waals surface area (Å²) in [6, 6.07) is 0.438. The fraction of sp³-hybridized carbons (Fsp3) is 0.950. The lowest BCUT2D eigenvalue weighted by molar-refractivity contribution is 0.113. The molecule has 2 aliphatic heterocycles. The van der Waals surface area contributed by atoms with Gasteiger partial charge in [0.1, 0.15) is 0 Å². The second-order valence-electron chi connectivity index (χ2n) is 9.22. The highest BCUT2D eigenvalue weighted by atomic mass is 32.2. The zero-order valence-electron chi connectivity index (χ0n) is 18.2. The van der Waals surface area contributed by atoms with Gasteiger partial charge in [-0.1, -0.05) is 20.8 Å². The summed E-state index contributed by atoms with van der Waals surface area (Å²) >= 11 is 0. The minimum absolute atomic E-state index is 0.196. The molecule has 2 fully saturated rings. The second kappa shape index (κ2) is 9.12. The van der Waals surface area contributed by atoms with Crippen LogP contribution in [0.2, 0.25) is 0 Å². The number of likely N-dealkylation sites (tertiary alicyclic amines) is 1. The van der Waals surface area contributed by atoms with Crippen molar-refractivity contribution in [3.05, 3.63) is 0 Å². The van der Waals surface area contributed by atoms with Crippen LogP contribution in [0, 0.1) is 11.8 Å². The molecule has 2 saturated heterocycles. The van der Waals surface area contributed by atoms with Crippen molar-refractivity contribution in [1.29, 1.82) is 0 Å². The lowest BCUT2D eigenvalue weighted by Crippen LogP contribution is -2.57. The number of rotatable bonds is 5. The minimum atomic E-state index is -3.04. The Kier molecular flexibility index (Phi) is 7.59. The SMILES string of the molecule is CCNC(=NCC(C(C)C)N1CCC(C)CC1)N1CCS(=O)(=O)C(C)(C)C1. The van der Waals surface area contributed by atoms with E-state index in [2.05, 4.69) is 42.8 Å². The van der Waals surface area contributed by atoms with Crippen molar-refractivity contribution in [1.82, 2.24) is 15.1 Å². The van der Waals surface area contributed by atoms with E-state index >= 15 is 0 Å². The number of sulfone groups is 1. The van der Waals surface area contributed by atoms with Crippen molar-refractivity contribution in [2.75, 3.05) is 45.0 Å². The van der Waals surface area contributed by atoms with E-state index in [1.165, 1.54) is 12.8 Å². The summed E-state index contributed by atoms with van der Waals surface area (Å²) in [6.45, 7) is 17.5. The van der Waals surface area contributed by atoms with Gasteiger partial charge in [-0.15, -0.1) is 0 Å². The van der Waals surface area contributed by atoms with E-state index in [4.69, 9.17) is 4.99 Å². The van der Waals surface area contributed by atoms with Crippen molar-refractivity contribution in [2.45, 2.75) is 65.2 Å². The number of guanidine groups is 1. The molecule has 0 aromatic carbocycles. The fourth-order valence-electron chi connectivity index (χ4n) is 4.04. The van der Waals surface area contributed by atoms with Crippen LogP contribution in [0.25, 0.3) is 0 Å². The summed E-state index contributed by atoms with van der Waals surface area (Å²) in [5.41, 5.74) is 0. The molecule has 6 nitrogen and oxygen atoms in total. The van der Waals surface area contributed by atoms with Gasteiger partial charge in [0.05, 0.1) is 17.0 Å². The van der Waals surface area contributed by atoms with Crippen LogP contribution in [-0.2, 0) is 9.84 Å². The molecule has 1 atom stereocenters. The van der Waals surface area contributed by atoms with Crippen LogP contribution < -0.4 is 5.32 Å². The molecule has 0 aromatic heterocycles. The van der Waals surface area contributed by atoms with Gasteiger partial charge < -0.3 is 10.2 Å². The van der Waals surface area contributed by atoms with Gasteiger partial charge in [-0.25, -0.2) is 8.42 Å². The molecule has 1 N–H and O–H groups in total. The van der Waals surface area contributed by atoms with Crippen LogP contribution in [0.4, 0.5) is 0 Å². The molecule has 27 heavy (non-hydrogen) atoms. The maximum absolute atomic E-state index is 12.3. The Morgan fingerprint density at radius 2 is 1.85 bits per heavy atom. The fourth-order valence-corrected chi connectivity index (χ4v) is 5.40. The van der Waals surface area contributed by atoms with Crippen LogP contribution in [0.15, 0.2) is 4.99 Å². The average molecular weight is 401 g/mol. The summed E-state index contributed by atoms with van der Waals surface area (Å²) < 4.78 is 23.9. The molecule has 158 valence electrons. The molecule has 0 aromatic rings. The Labute approximate surface area is 166 Å². The number of hydrogen-bond acceptors (Lipinski definition) is 4. The lowest BCUT2D eigenvalue weighted by Gasteiger charge is -2.40. The van der Waals surface area contributed by atoms with Crippen molar-refractivity contribution in [2.24, 2.45) is 16.8 Å². The van der Waals surface area contributed by atoms with E-state index in [-0.39, 0.29) is 5.75 Å². The molecule has 1 unspecified atom stereocenters. The van der Waals surface area contributed by atoms with Crippen LogP contribution in [0.3, 0.4) is 0 Å². The normalized spacial score (nSPS) is 25.6. The van der Waals surface area contributed by atoms with E-state index in [1.807, 2.05) is 13.8 Å². The lowest BCUT2D eigenvalue weighted by atomic mass is 9.94. The number of nitrogens with one attached hydrogen (secondary N) is 1. The maximum Gasteiger partial charge on any atom is 0.194 e. The van der Waals surface area contributed by atoms with Crippen LogP contribution >= 0.6 is 0 Å². The second-order valence-corrected chi connectivity index (χ2v) is 12.0. The molecule has 2 heterocycles. The van der Waals surface area contributed by atoms with Gasteiger partial charge in [0.2, 0.25) is 0 Å². The highest BCUT2D eigenvalue weighted by molar-refractivity contribution is 7.92. The molecule has 2 rings (SSSR count). The monoisotopic (exact) mass is 400 g/mol. The highest BCUT2D eigenvalue weighted by Crippen LogP contribution is 2.24. The third-order valence-electron chi connectivity index (χ3n) is 6.16. The number of aliphatic imine (C=N–C) groups is 1. The standard InChI is InChI=1S/C20H40N4O2S/c1-7-21-19(24-12-13-27(25,26)20(5,6)15-24)22-14-18(16(2)3)23-10-8-17(4)9-11-23/h16-18H,7-15H2,1-6H3,(H,21,22). The van der Waals surface area contributed by atoms with Gasteiger partial charge in [-0.3, -0.25) is 9.89 Å². The molecule has 0 spiro atoms. The predicted octanol–water partition coefficient (Wildman–Crippen LogP) is 2.22. The van der Waals surface area contributed by atoms with E-state index in [0.29, 0.717) is 25.0 Å². The minimum Gasteiger partial charge on any atom is -0.357 e. The van der Waals surface area contributed by atoms with Crippen LogP contribution in [-0.4, -0.2) is 80.0 Å². The third-order valence-corrected chi connectivity index (χ3v) is 8.70. The Morgan fingerprint density at radius 3 is 2.37 bits per heavy atom. The first-order chi connectivity index (χ1) is 12.6. The zero-order chi connectivity index (χ0) is 20.2. The molecule has 7 heteroatoms. The summed E-state index contributed by atoms with van der Waals surface area (Å²) in [7, 11) is -3.04. The van der Waals surface area contributed by atoms with Crippen molar-refractivity contribution in [3.8, 4) is 0 Å². The maximum atomic E-state index is 12.3. The number of piperidine rings is 1. The van der Waals surface area contributed by atoms with Crippen LogP contribution in [0.1, 0.15) is 54.4 Å². The van der Waals surface area contributed by atoms with Gasteiger partial charge in [0.15, 0.2) is 15.8 Å². The summed E-state index contributed by atoms with van der Waals surface area (Å²) in [6.07, 6.45) is 2.54. The summed E-state index contributed by atoms with van der Waals surface area (Å²) in [5.74, 6) is 2.43. The van der Waals surface area contributed by atoms with Crippen LogP contribution in [0.5, 0.6) is 0 Å². The molecule has 0 bridgehead atoms. The first kappa shape index (κ1) is 22.5. The van der Waals surface area contributed by atoms with Gasteiger partial charge in [-0.05, 0) is 58.5 Å². The Hall–Kier alpha value is -0.820. The van der Waals surface area contributed by atoms with Gasteiger partial charge in [0.25, 0.3) is 0 Å². The number of nitrogens with zero attached hydrogens (tertiary/aromatic N) is 3. The summed E-state index contributed by atoms with van der Waals surface area (Å²) in [5, 5.41) is 3.38. The Balaban J connectivity index is 2.11. The molecule has 2 aliphatic rings. The van der Waals surface area contributed by atoms with E-state index in [9.17, 15) is 8.42 Å². The van der Waals surface area contributed by atoms with E-state index < -0.39 is 14.6 Å². The molecule has 0 radical (unpaired) electrons. The number of hydrogen-bond donors (Lipinski definition) is 1. The van der Waals surface area contributed by atoms with Gasteiger partial charge in [0, 0.05) is 25.7 Å². The van der Waals surface area contributed by atoms with E-state index in [1.54, 1.807) is 0 Å².